The van der Waals surface area contributed by atoms with Crippen molar-refractivity contribution >= 4 is 17.1 Å². The molecule has 7 nitrogen and oxygen atoms in total. The SMILES string of the molecule is O=[N+]([O-])c1cccc(CNc2ccc(C(F)(F)F)cc2[N+](=O)[O-])c1. The Kier molecular flexibility index (Phi) is 4.67. The van der Waals surface area contributed by atoms with Crippen molar-refractivity contribution in [1.82, 2.24) is 0 Å². The molecule has 0 amide bonds. The van der Waals surface area contributed by atoms with Crippen molar-refractivity contribution in [3.63, 3.8) is 0 Å². The minimum Gasteiger partial charge on any atom is -0.375 e. The van der Waals surface area contributed by atoms with Crippen molar-refractivity contribution in [2.24, 2.45) is 0 Å². The van der Waals surface area contributed by atoms with E-state index in [4.69, 9.17) is 0 Å². The monoisotopic (exact) mass is 341 g/mol. The Hall–Kier alpha value is -3.17. The maximum absolute atomic E-state index is 12.6. The molecule has 2 aromatic carbocycles. The number of non-ortho nitro benzene ring substituents is 1. The van der Waals surface area contributed by atoms with Crippen LogP contribution in [0, 0.1) is 20.2 Å². The van der Waals surface area contributed by atoms with Crippen LogP contribution in [0.1, 0.15) is 11.1 Å². The van der Waals surface area contributed by atoms with Crippen LogP contribution < -0.4 is 5.32 Å². The fraction of sp³-hybridized carbons (Fsp3) is 0.143. The van der Waals surface area contributed by atoms with Gasteiger partial charge in [-0.05, 0) is 17.7 Å². The molecule has 2 rings (SSSR count). The molecular formula is C14H10F3N3O4. The van der Waals surface area contributed by atoms with Gasteiger partial charge in [-0.3, -0.25) is 20.2 Å². The zero-order chi connectivity index (χ0) is 17.9. The van der Waals surface area contributed by atoms with Gasteiger partial charge >= 0.3 is 6.18 Å². The maximum Gasteiger partial charge on any atom is 0.416 e. The van der Waals surface area contributed by atoms with E-state index < -0.39 is 27.3 Å². The molecular weight excluding hydrogens is 331 g/mol. The fourth-order valence-corrected chi connectivity index (χ4v) is 1.99. The molecule has 1 N–H and O–H groups in total. The summed E-state index contributed by atoms with van der Waals surface area (Å²) in [5.74, 6) is 0. The molecule has 10 heteroatoms. The summed E-state index contributed by atoms with van der Waals surface area (Å²) in [6.07, 6.45) is -4.69. The van der Waals surface area contributed by atoms with Crippen molar-refractivity contribution in [3.8, 4) is 0 Å². The van der Waals surface area contributed by atoms with Crippen LogP contribution in [0.15, 0.2) is 42.5 Å². The highest BCUT2D eigenvalue weighted by atomic mass is 19.4. The molecule has 0 aliphatic heterocycles. The Morgan fingerprint density at radius 1 is 1.00 bits per heavy atom. The molecule has 0 heterocycles. The molecule has 0 aliphatic rings. The number of nitro groups is 2. The molecule has 0 fully saturated rings. The van der Waals surface area contributed by atoms with Gasteiger partial charge < -0.3 is 5.32 Å². The van der Waals surface area contributed by atoms with Crippen LogP contribution in [0.25, 0.3) is 0 Å². The number of halogens is 3. The van der Waals surface area contributed by atoms with E-state index in [0.29, 0.717) is 11.6 Å². The third kappa shape index (κ3) is 3.97. The van der Waals surface area contributed by atoms with E-state index >= 15 is 0 Å². The van der Waals surface area contributed by atoms with E-state index in [0.717, 1.165) is 12.1 Å². The molecule has 0 atom stereocenters. The van der Waals surface area contributed by atoms with Crippen molar-refractivity contribution < 1.29 is 23.0 Å². The second-order valence-electron chi connectivity index (χ2n) is 4.77. The molecule has 0 unspecified atom stereocenters. The predicted molar refractivity (Wildman–Crippen MR) is 78.5 cm³/mol. The molecule has 0 spiro atoms. The van der Waals surface area contributed by atoms with Crippen molar-refractivity contribution in [1.29, 1.82) is 0 Å². The number of nitrogens with zero attached hydrogens (tertiary/aromatic N) is 2. The number of hydrogen-bond donors (Lipinski definition) is 1. The molecule has 0 saturated carbocycles. The molecule has 0 aliphatic carbocycles. The van der Waals surface area contributed by atoms with Crippen LogP contribution in [-0.2, 0) is 12.7 Å². The third-order valence-electron chi connectivity index (χ3n) is 3.13. The summed E-state index contributed by atoms with van der Waals surface area (Å²) < 4.78 is 37.9. The summed E-state index contributed by atoms with van der Waals surface area (Å²) in [5, 5.41) is 24.3. The molecule has 0 bridgehead atoms. The van der Waals surface area contributed by atoms with Gasteiger partial charge in [-0.15, -0.1) is 0 Å². The van der Waals surface area contributed by atoms with Crippen molar-refractivity contribution in [2.75, 3.05) is 5.32 Å². The molecule has 0 aromatic heterocycles. The number of anilines is 1. The Bertz CT molecular complexity index is 793. The lowest BCUT2D eigenvalue weighted by atomic mass is 10.1. The smallest absolute Gasteiger partial charge is 0.375 e. The number of nitro benzene ring substituents is 2. The highest BCUT2D eigenvalue weighted by Crippen LogP contribution is 2.35. The average Bonchev–Trinajstić information content (AvgIpc) is 2.52. The van der Waals surface area contributed by atoms with Gasteiger partial charge in [0.15, 0.2) is 0 Å². The first-order chi connectivity index (χ1) is 11.2. The summed E-state index contributed by atoms with van der Waals surface area (Å²) >= 11 is 0. The van der Waals surface area contributed by atoms with Gasteiger partial charge in [0.25, 0.3) is 11.4 Å². The number of hydrogen-bond acceptors (Lipinski definition) is 5. The van der Waals surface area contributed by atoms with Crippen molar-refractivity contribution in [3.05, 3.63) is 73.8 Å². The van der Waals surface area contributed by atoms with Crippen molar-refractivity contribution in [2.45, 2.75) is 12.7 Å². The minimum atomic E-state index is -4.69. The maximum atomic E-state index is 12.6. The van der Waals surface area contributed by atoms with E-state index in [-0.39, 0.29) is 17.9 Å². The normalized spacial score (nSPS) is 11.1. The summed E-state index contributed by atoms with van der Waals surface area (Å²) in [4.78, 5) is 20.1. The fourth-order valence-electron chi connectivity index (χ4n) is 1.99. The molecule has 0 radical (unpaired) electrons. The number of benzene rings is 2. The van der Waals surface area contributed by atoms with E-state index in [1.54, 1.807) is 6.07 Å². The second kappa shape index (κ2) is 6.52. The third-order valence-corrected chi connectivity index (χ3v) is 3.13. The van der Waals surface area contributed by atoms with Crippen LogP contribution in [0.4, 0.5) is 30.2 Å². The van der Waals surface area contributed by atoms with E-state index in [1.807, 2.05) is 0 Å². The van der Waals surface area contributed by atoms with Crippen LogP contribution in [0.3, 0.4) is 0 Å². The van der Waals surface area contributed by atoms with Gasteiger partial charge in [-0.2, -0.15) is 13.2 Å². The number of rotatable bonds is 5. The van der Waals surface area contributed by atoms with E-state index in [2.05, 4.69) is 5.32 Å². The van der Waals surface area contributed by atoms with E-state index in [9.17, 15) is 33.4 Å². The lowest BCUT2D eigenvalue weighted by Crippen LogP contribution is -2.08. The largest absolute Gasteiger partial charge is 0.416 e. The Balaban J connectivity index is 2.25. The van der Waals surface area contributed by atoms with Gasteiger partial charge in [0, 0.05) is 24.7 Å². The van der Waals surface area contributed by atoms with Gasteiger partial charge in [0.05, 0.1) is 15.4 Å². The van der Waals surface area contributed by atoms with Gasteiger partial charge in [-0.25, -0.2) is 0 Å². The first-order valence-electron chi connectivity index (χ1n) is 6.51. The summed E-state index contributed by atoms with van der Waals surface area (Å²) in [5.41, 5.74) is -1.67. The summed E-state index contributed by atoms with van der Waals surface area (Å²) in [6.45, 7) is -0.0200. The van der Waals surface area contributed by atoms with Crippen LogP contribution in [-0.4, -0.2) is 9.85 Å². The van der Waals surface area contributed by atoms with Crippen LogP contribution >= 0.6 is 0 Å². The summed E-state index contributed by atoms with van der Waals surface area (Å²) in [6, 6.07) is 7.66. The molecule has 2 aromatic rings. The first-order valence-corrected chi connectivity index (χ1v) is 6.51. The quantitative estimate of drug-likeness (QED) is 0.651. The lowest BCUT2D eigenvalue weighted by Gasteiger charge is -2.10. The highest BCUT2D eigenvalue weighted by Gasteiger charge is 2.33. The predicted octanol–water partition coefficient (Wildman–Crippen LogP) is 4.13. The molecule has 0 saturated heterocycles. The summed E-state index contributed by atoms with van der Waals surface area (Å²) in [7, 11) is 0. The average molecular weight is 341 g/mol. The van der Waals surface area contributed by atoms with Crippen LogP contribution in [0.2, 0.25) is 0 Å². The van der Waals surface area contributed by atoms with Gasteiger partial charge in [0.1, 0.15) is 5.69 Å². The zero-order valence-electron chi connectivity index (χ0n) is 11.9. The first kappa shape index (κ1) is 17.2. The number of nitrogens with one attached hydrogen (secondary N) is 1. The highest BCUT2D eigenvalue weighted by molar-refractivity contribution is 5.63. The second-order valence-corrected chi connectivity index (χ2v) is 4.77. The lowest BCUT2D eigenvalue weighted by molar-refractivity contribution is -0.384. The zero-order valence-corrected chi connectivity index (χ0v) is 11.9. The van der Waals surface area contributed by atoms with Gasteiger partial charge in [0.2, 0.25) is 0 Å². The number of alkyl halides is 3. The minimum absolute atomic E-state index is 0.0200. The van der Waals surface area contributed by atoms with Crippen LogP contribution in [0.5, 0.6) is 0 Å². The van der Waals surface area contributed by atoms with Gasteiger partial charge in [-0.1, -0.05) is 12.1 Å². The molecule has 126 valence electrons. The Morgan fingerprint density at radius 3 is 2.29 bits per heavy atom. The Labute approximate surface area is 133 Å². The van der Waals surface area contributed by atoms with E-state index in [1.165, 1.54) is 18.2 Å². The standard InChI is InChI=1S/C14H10F3N3O4/c15-14(16,17)10-4-5-12(13(7-10)20(23)24)18-8-9-2-1-3-11(6-9)19(21)22/h1-7,18H,8H2. The topological polar surface area (TPSA) is 98.3 Å². The Morgan fingerprint density at radius 2 is 1.71 bits per heavy atom. The molecule has 24 heavy (non-hydrogen) atoms.